The van der Waals surface area contributed by atoms with Gasteiger partial charge in [-0.15, -0.1) is 0 Å². The molecule has 4 rings (SSSR count). The summed E-state index contributed by atoms with van der Waals surface area (Å²) in [5.74, 6) is -0.493. The first-order valence-electron chi connectivity index (χ1n) is 10.2. The predicted octanol–water partition coefficient (Wildman–Crippen LogP) is 4.48. The Kier molecular flexibility index (Phi) is 4.99. The van der Waals surface area contributed by atoms with Crippen molar-refractivity contribution in [2.75, 3.05) is 10.2 Å². The molecule has 0 radical (unpaired) electrons. The van der Waals surface area contributed by atoms with Crippen molar-refractivity contribution in [1.29, 1.82) is 0 Å². The van der Waals surface area contributed by atoms with E-state index >= 15 is 0 Å². The number of carbonyl (C=O) groups is 3. The van der Waals surface area contributed by atoms with Crippen LogP contribution in [0.2, 0.25) is 0 Å². The number of imide groups is 1. The van der Waals surface area contributed by atoms with Gasteiger partial charge in [-0.1, -0.05) is 19.1 Å². The number of carbonyl (C=O) groups excluding carboxylic acids is 3. The van der Waals surface area contributed by atoms with Crippen molar-refractivity contribution in [3.05, 3.63) is 59.2 Å². The first-order valence-corrected chi connectivity index (χ1v) is 10.2. The number of amides is 3. The van der Waals surface area contributed by atoms with Gasteiger partial charge in [-0.3, -0.25) is 19.3 Å². The van der Waals surface area contributed by atoms with Gasteiger partial charge in [0.25, 0.3) is 5.91 Å². The molecular formula is C24H26N2O3. The average Bonchev–Trinajstić information content (AvgIpc) is 2.91. The van der Waals surface area contributed by atoms with Gasteiger partial charge < -0.3 is 5.32 Å². The summed E-state index contributed by atoms with van der Waals surface area (Å²) >= 11 is 0. The van der Waals surface area contributed by atoms with Gasteiger partial charge in [-0.25, -0.2) is 0 Å². The van der Waals surface area contributed by atoms with Crippen molar-refractivity contribution in [2.24, 2.45) is 17.8 Å². The number of anilines is 2. The Morgan fingerprint density at radius 2 is 1.66 bits per heavy atom. The number of fused-ring (bicyclic) bond motifs is 1. The summed E-state index contributed by atoms with van der Waals surface area (Å²) in [6, 6.07) is 12.6. The van der Waals surface area contributed by atoms with Crippen LogP contribution < -0.4 is 10.2 Å². The zero-order valence-electron chi connectivity index (χ0n) is 17.1. The van der Waals surface area contributed by atoms with Crippen molar-refractivity contribution >= 4 is 29.1 Å². The zero-order valence-corrected chi connectivity index (χ0v) is 17.1. The lowest BCUT2D eigenvalue weighted by Gasteiger charge is -2.25. The third-order valence-corrected chi connectivity index (χ3v) is 6.03. The summed E-state index contributed by atoms with van der Waals surface area (Å²) in [5, 5.41) is 2.91. The first kappa shape index (κ1) is 19.4. The fourth-order valence-electron chi connectivity index (χ4n) is 4.68. The Balaban J connectivity index is 1.58. The molecule has 0 spiro atoms. The van der Waals surface area contributed by atoms with Crippen LogP contribution >= 0.6 is 0 Å². The van der Waals surface area contributed by atoms with Crippen molar-refractivity contribution in [1.82, 2.24) is 0 Å². The van der Waals surface area contributed by atoms with E-state index in [-0.39, 0.29) is 29.6 Å². The number of nitrogens with one attached hydrogen (secondary N) is 1. The molecule has 1 heterocycles. The maximum atomic E-state index is 12.9. The van der Waals surface area contributed by atoms with Crippen LogP contribution in [-0.4, -0.2) is 17.7 Å². The van der Waals surface area contributed by atoms with Crippen molar-refractivity contribution in [2.45, 2.75) is 40.0 Å². The molecule has 150 valence electrons. The molecule has 3 amide bonds. The molecule has 5 nitrogen and oxygen atoms in total. The molecule has 1 N–H and O–H groups in total. The van der Waals surface area contributed by atoms with Gasteiger partial charge in [0.2, 0.25) is 11.8 Å². The van der Waals surface area contributed by atoms with E-state index in [1.165, 1.54) is 4.90 Å². The van der Waals surface area contributed by atoms with Gasteiger partial charge in [0.05, 0.1) is 17.5 Å². The number of rotatable bonds is 3. The highest BCUT2D eigenvalue weighted by Gasteiger charge is 2.50. The SMILES string of the molecule is Cc1cc(C)cc(NC(=O)c2cccc(N3C(=O)[C@H]4CC[C@H](C)C[C@@H]4C3=O)c2)c1. The normalized spacial score (nSPS) is 23.8. The van der Waals surface area contributed by atoms with Crippen LogP contribution in [0.5, 0.6) is 0 Å². The lowest BCUT2D eigenvalue weighted by atomic mass is 9.76. The van der Waals surface area contributed by atoms with Crippen LogP contribution in [0, 0.1) is 31.6 Å². The molecule has 1 aliphatic carbocycles. The third-order valence-electron chi connectivity index (χ3n) is 6.03. The van der Waals surface area contributed by atoms with Gasteiger partial charge in [-0.05, 0) is 80.5 Å². The molecule has 0 aromatic heterocycles. The summed E-state index contributed by atoms with van der Waals surface area (Å²) < 4.78 is 0. The number of nitrogens with zero attached hydrogens (tertiary/aromatic N) is 1. The van der Waals surface area contributed by atoms with Gasteiger partial charge >= 0.3 is 0 Å². The molecule has 3 atom stereocenters. The number of benzene rings is 2. The van der Waals surface area contributed by atoms with E-state index in [9.17, 15) is 14.4 Å². The quantitative estimate of drug-likeness (QED) is 0.786. The molecule has 29 heavy (non-hydrogen) atoms. The first-order chi connectivity index (χ1) is 13.8. The Labute approximate surface area is 171 Å². The lowest BCUT2D eigenvalue weighted by Crippen LogP contribution is -2.31. The largest absolute Gasteiger partial charge is 0.322 e. The summed E-state index contributed by atoms with van der Waals surface area (Å²) in [7, 11) is 0. The summed E-state index contributed by atoms with van der Waals surface area (Å²) in [6.07, 6.45) is 2.50. The lowest BCUT2D eigenvalue weighted by molar-refractivity contribution is -0.122. The van der Waals surface area contributed by atoms with E-state index in [1.54, 1.807) is 24.3 Å². The highest BCUT2D eigenvalue weighted by Crippen LogP contribution is 2.42. The number of hydrogen-bond acceptors (Lipinski definition) is 3. The van der Waals surface area contributed by atoms with E-state index in [2.05, 4.69) is 12.2 Å². The molecular weight excluding hydrogens is 364 g/mol. The highest BCUT2D eigenvalue weighted by atomic mass is 16.2. The maximum absolute atomic E-state index is 12.9. The van der Waals surface area contributed by atoms with Crippen molar-refractivity contribution in [3.8, 4) is 0 Å². The predicted molar refractivity (Wildman–Crippen MR) is 113 cm³/mol. The molecule has 2 aromatic carbocycles. The second kappa shape index (κ2) is 7.47. The Bertz CT molecular complexity index is 977. The van der Waals surface area contributed by atoms with E-state index in [4.69, 9.17) is 0 Å². The van der Waals surface area contributed by atoms with Crippen molar-refractivity contribution in [3.63, 3.8) is 0 Å². The van der Waals surface area contributed by atoms with Crippen LogP contribution in [0.4, 0.5) is 11.4 Å². The summed E-state index contributed by atoms with van der Waals surface area (Å²) in [4.78, 5) is 39.9. The molecule has 0 unspecified atom stereocenters. The molecule has 1 saturated heterocycles. The molecule has 0 bridgehead atoms. The minimum Gasteiger partial charge on any atom is -0.322 e. The Morgan fingerprint density at radius 1 is 0.966 bits per heavy atom. The van der Waals surface area contributed by atoms with Crippen LogP contribution in [-0.2, 0) is 9.59 Å². The monoisotopic (exact) mass is 390 g/mol. The molecule has 1 saturated carbocycles. The fourth-order valence-corrected chi connectivity index (χ4v) is 4.68. The van der Waals surface area contributed by atoms with Crippen LogP contribution in [0.25, 0.3) is 0 Å². The van der Waals surface area contributed by atoms with Gasteiger partial charge in [0, 0.05) is 11.3 Å². The van der Waals surface area contributed by atoms with Crippen molar-refractivity contribution < 1.29 is 14.4 Å². The minimum absolute atomic E-state index is 0.126. The van der Waals surface area contributed by atoms with E-state index in [0.29, 0.717) is 17.2 Å². The molecule has 2 fully saturated rings. The van der Waals surface area contributed by atoms with Gasteiger partial charge in [0.1, 0.15) is 0 Å². The van der Waals surface area contributed by atoms with Crippen LogP contribution in [0.3, 0.4) is 0 Å². The zero-order chi connectivity index (χ0) is 20.7. The molecule has 2 aliphatic rings. The minimum atomic E-state index is -0.262. The number of aryl methyl sites for hydroxylation is 2. The second-order valence-corrected chi connectivity index (χ2v) is 8.52. The van der Waals surface area contributed by atoms with E-state index in [1.807, 2.05) is 32.0 Å². The topological polar surface area (TPSA) is 66.5 Å². The smallest absolute Gasteiger partial charge is 0.255 e. The maximum Gasteiger partial charge on any atom is 0.255 e. The van der Waals surface area contributed by atoms with E-state index < -0.39 is 0 Å². The van der Waals surface area contributed by atoms with E-state index in [0.717, 1.165) is 36.1 Å². The molecule has 2 aromatic rings. The van der Waals surface area contributed by atoms with Gasteiger partial charge in [0.15, 0.2) is 0 Å². The van der Waals surface area contributed by atoms with Crippen LogP contribution in [0.1, 0.15) is 47.7 Å². The average molecular weight is 390 g/mol. The summed E-state index contributed by atoms with van der Waals surface area (Å²) in [5.41, 5.74) is 3.77. The fraction of sp³-hybridized carbons (Fsp3) is 0.375. The molecule has 5 heteroatoms. The van der Waals surface area contributed by atoms with Crippen LogP contribution in [0.15, 0.2) is 42.5 Å². The molecule has 1 aliphatic heterocycles. The Morgan fingerprint density at radius 3 is 2.38 bits per heavy atom. The van der Waals surface area contributed by atoms with Gasteiger partial charge in [-0.2, -0.15) is 0 Å². The summed E-state index contributed by atoms with van der Waals surface area (Å²) in [6.45, 7) is 6.09. The third kappa shape index (κ3) is 3.69. The Hall–Kier alpha value is -2.95. The second-order valence-electron chi connectivity index (χ2n) is 8.52. The highest BCUT2D eigenvalue weighted by molar-refractivity contribution is 6.22. The number of hydrogen-bond donors (Lipinski definition) is 1. The standard InChI is InChI=1S/C24H26N2O3/c1-14-7-8-20-21(12-14)24(29)26(23(20)28)19-6-4-5-17(13-19)22(27)25-18-10-15(2)9-16(3)11-18/h4-6,9-11,13-14,20-21H,7-8,12H2,1-3H3,(H,25,27)/t14-,20-,21-/m0/s1.